The largest absolute Gasteiger partial charge is 0.506 e. The van der Waals surface area contributed by atoms with E-state index in [-0.39, 0.29) is 5.75 Å². The zero-order chi connectivity index (χ0) is 15.4. The number of rotatable bonds is 5. The van der Waals surface area contributed by atoms with Crippen LogP contribution in [0.4, 0.5) is 17.1 Å². The van der Waals surface area contributed by atoms with Gasteiger partial charge in [-0.05, 0) is 62.7 Å². The van der Waals surface area contributed by atoms with Gasteiger partial charge in [0.25, 0.3) is 0 Å². The van der Waals surface area contributed by atoms with E-state index in [1.165, 1.54) is 11.3 Å². The van der Waals surface area contributed by atoms with Gasteiger partial charge in [0.15, 0.2) is 0 Å². The fourth-order valence-electron chi connectivity index (χ4n) is 2.31. The van der Waals surface area contributed by atoms with E-state index in [4.69, 9.17) is 11.6 Å². The molecular formula is C17H21ClN2O. The van der Waals surface area contributed by atoms with E-state index in [0.717, 1.165) is 24.5 Å². The summed E-state index contributed by atoms with van der Waals surface area (Å²) in [7, 11) is 0. The van der Waals surface area contributed by atoms with Gasteiger partial charge in [-0.3, -0.25) is 0 Å². The summed E-state index contributed by atoms with van der Waals surface area (Å²) in [6, 6.07) is 11.5. The molecule has 2 rings (SSSR count). The molecule has 21 heavy (non-hydrogen) atoms. The summed E-state index contributed by atoms with van der Waals surface area (Å²) in [5.41, 5.74) is 4.29. The number of nitrogens with zero attached hydrogens (tertiary/aromatic N) is 1. The quantitative estimate of drug-likeness (QED) is 0.768. The lowest BCUT2D eigenvalue weighted by Gasteiger charge is -2.22. The Morgan fingerprint density at radius 3 is 2.38 bits per heavy atom. The maximum absolute atomic E-state index is 9.45. The van der Waals surface area contributed by atoms with E-state index >= 15 is 0 Å². The molecule has 0 saturated heterocycles. The van der Waals surface area contributed by atoms with Crippen molar-refractivity contribution < 1.29 is 5.11 Å². The average molecular weight is 305 g/mol. The molecule has 0 aromatic heterocycles. The third kappa shape index (κ3) is 3.61. The number of hydrogen-bond donors (Lipinski definition) is 2. The maximum atomic E-state index is 9.45. The molecule has 0 aliphatic heterocycles. The van der Waals surface area contributed by atoms with Crippen LogP contribution in [0.5, 0.6) is 5.75 Å². The topological polar surface area (TPSA) is 35.5 Å². The van der Waals surface area contributed by atoms with Crippen molar-refractivity contribution in [2.75, 3.05) is 23.3 Å². The minimum Gasteiger partial charge on any atom is -0.506 e. The first kappa shape index (κ1) is 15.5. The summed E-state index contributed by atoms with van der Waals surface area (Å²) < 4.78 is 0. The van der Waals surface area contributed by atoms with Crippen molar-refractivity contribution >= 4 is 28.7 Å². The van der Waals surface area contributed by atoms with E-state index in [0.29, 0.717) is 5.02 Å². The van der Waals surface area contributed by atoms with Crippen molar-refractivity contribution in [3.05, 3.63) is 47.0 Å². The molecule has 0 radical (unpaired) electrons. The Bertz CT molecular complexity index is 624. The summed E-state index contributed by atoms with van der Waals surface area (Å²) in [6.45, 7) is 8.39. The van der Waals surface area contributed by atoms with Gasteiger partial charge in [-0.25, -0.2) is 0 Å². The molecule has 0 unspecified atom stereocenters. The zero-order valence-electron chi connectivity index (χ0n) is 12.7. The first-order valence-electron chi connectivity index (χ1n) is 7.16. The van der Waals surface area contributed by atoms with E-state index in [2.05, 4.69) is 49.2 Å². The normalized spacial score (nSPS) is 10.5. The van der Waals surface area contributed by atoms with Gasteiger partial charge < -0.3 is 15.3 Å². The minimum atomic E-state index is 0.0934. The average Bonchev–Trinajstić information content (AvgIpc) is 2.47. The molecule has 0 bridgehead atoms. The van der Waals surface area contributed by atoms with E-state index in [1.807, 2.05) is 0 Å². The molecule has 4 heteroatoms. The van der Waals surface area contributed by atoms with Crippen molar-refractivity contribution in [2.24, 2.45) is 0 Å². The Hall–Kier alpha value is -1.87. The van der Waals surface area contributed by atoms with Crippen molar-refractivity contribution in [3.63, 3.8) is 0 Å². The van der Waals surface area contributed by atoms with Gasteiger partial charge >= 0.3 is 0 Å². The molecule has 0 heterocycles. The van der Waals surface area contributed by atoms with Crippen molar-refractivity contribution in [3.8, 4) is 5.75 Å². The van der Waals surface area contributed by atoms with Gasteiger partial charge in [0.2, 0.25) is 0 Å². The molecule has 2 N–H and O–H groups in total. The standard InChI is InChI=1S/C17H21ClN2O/c1-4-20(5-2)14-7-8-16(12(3)10-14)19-13-6-9-17(21)15(18)11-13/h6-11,19,21H,4-5H2,1-3H3. The summed E-state index contributed by atoms with van der Waals surface area (Å²) in [5.74, 6) is 0.0934. The number of aryl methyl sites for hydroxylation is 1. The monoisotopic (exact) mass is 304 g/mol. The van der Waals surface area contributed by atoms with Crippen LogP contribution in [0, 0.1) is 6.92 Å². The zero-order valence-corrected chi connectivity index (χ0v) is 13.4. The van der Waals surface area contributed by atoms with E-state index in [1.54, 1.807) is 18.2 Å². The highest BCUT2D eigenvalue weighted by atomic mass is 35.5. The predicted octanol–water partition coefficient (Wildman–Crippen LogP) is 4.94. The summed E-state index contributed by atoms with van der Waals surface area (Å²) in [5, 5.41) is 13.1. The molecule has 0 spiro atoms. The van der Waals surface area contributed by atoms with Gasteiger partial charge in [-0.15, -0.1) is 0 Å². The number of phenolic OH excluding ortho intramolecular Hbond substituents is 1. The molecule has 112 valence electrons. The lowest BCUT2D eigenvalue weighted by Crippen LogP contribution is -2.21. The van der Waals surface area contributed by atoms with Crippen LogP contribution in [0.2, 0.25) is 5.02 Å². The summed E-state index contributed by atoms with van der Waals surface area (Å²) in [6.07, 6.45) is 0. The Morgan fingerprint density at radius 1 is 1.10 bits per heavy atom. The van der Waals surface area contributed by atoms with Crippen LogP contribution >= 0.6 is 11.6 Å². The number of phenols is 1. The molecule has 0 aliphatic carbocycles. The van der Waals surface area contributed by atoms with Crippen LogP contribution in [0.15, 0.2) is 36.4 Å². The van der Waals surface area contributed by atoms with E-state index < -0.39 is 0 Å². The van der Waals surface area contributed by atoms with Crippen molar-refractivity contribution in [2.45, 2.75) is 20.8 Å². The van der Waals surface area contributed by atoms with Gasteiger partial charge in [-0.1, -0.05) is 11.6 Å². The first-order chi connectivity index (χ1) is 10.0. The molecule has 2 aromatic carbocycles. The summed E-state index contributed by atoms with van der Waals surface area (Å²) in [4.78, 5) is 2.31. The minimum absolute atomic E-state index is 0.0934. The number of anilines is 3. The Kier molecular flexibility index (Phi) is 4.97. The molecule has 0 atom stereocenters. The number of aromatic hydroxyl groups is 1. The highest BCUT2D eigenvalue weighted by molar-refractivity contribution is 6.32. The summed E-state index contributed by atoms with van der Waals surface area (Å²) >= 11 is 5.93. The smallest absolute Gasteiger partial charge is 0.134 e. The lowest BCUT2D eigenvalue weighted by molar-refractivity contribution is 0.475. The molecule has 0 aliphatic rings. The second-order valence-corrected chi connectivity index (χ2v) is 5.37. The molecule has 0 amide bonds. The van der Waals surface area contributed by atoms with Gasteiger partial charge in [0.05, 0.1) is 5.02 Å². The van der Waals surface area contributed by atoms with Crippen molar-refractivity contribution in [1.29, 1.82) is 0 Å². The number of hydrogen-bond acceptors (Lipinski definition) is 3. The Labute approximate surface area is 131 Å². The van der Waals surface area contributed by atoms with Crippen LogP contribution in [0.25, 0.3) is 0 Å². The van der Waals surface area contributed by atoms with Crippen LogP contribution in [0.1, 0.15) is 19.4 Å². The first-order valence-corrected chi connectivity index (χ1v) is 7.54. The molecule has 0 fully saturated rings. The predicted molar refractivity (Wildman–Crippen MR) is 91.1 cm³/mol. The Morgan fingerprint density at radius 2 is 1.81 bits per heavy atom. The number of halogens is 1. The molecular weight excluding hydrogens is 284 g/mol. The molecule has 0 saturated carbocycles. The second-order valence-electron chi connectivity index (χ2n) is 4.96. The maximum Gasteiger partial charge on any atom is 0.134 e. The number of nitrogens with one attached hydrogen (secondary N) is 1. The second kappa shape index (κ2) is 6.72. The molecule has 3 nitrogen and oxygen atoms in total. The number of benzene rings is 2. The van der Waals surface area contributed by atoms with Gasteiger partial charge in [-0.2, -0.15) is 0 Å². The highest BCUT2D eigenvalue weighted by Crippen LogP contribution is 2.30. The molecule has 2 aromatic rings. The van der Waals surface area contributed by atoms with Crippen LogP contribution in [-0.4, -0.2) is 18.2 Å². The van der Waals surface area contributed by atoms with Gasteiger partial charge in [0, 0.05) is 30.2 Å². The fraction of sp³-hybridized carbons (Fsp3) is 0.294. The third-order valence-corrected chi connectivity index (χ3v) is 3.87. The van der Waals surface area contributed by atoms with Gasteiger partial charge in [0.1, 0.15) is 5.75 Å². The fourth-order valence-corrected chi connectivity index (χ4v) is 2.49. The van der Waals surface area contributed by atoms with Crippen LogP contribution in [-0.2, 0) is 0 Å². The van der Waals surface area contributed by atoms with E-state index in [9.17, 15) is 5.11 Å². The van der Waals surface area contributed by atoms with Crippen LogP contribution < -0.4 is 10.2 Å². The van der Waals surface area contributed by atoms with Crippen molar-refractivity contribution in [1.82, 2.24) is 0 Å². The SMILES string of the molecule is CCN(CC)c1ccc(Nc2ccc(O)c(Cl)c2)c(C)c1. The highest BCUT2D eigenvalue weighted by Gasteiger charge is 2.06. The lowest BCUT2D eigenvalue weighted by atomic mass is 10.1. The Balaban J connectivity index is 2.23. The van der Waals surface area contributed by atoms with Crippen LogP contribution in [0.3, 0.4) is 0 Å². The third-order valence-electron chi connectivity index (χ3n) is 3.57.